The summed E-state index contributed by atoms with van der Waals surface area (Å²) in [7, 11) is 0. The van der Waals surface area contributed by atoms with Crippen molar-refractivity contribution in [2.75, 3.05) is 13.2 Å². The Labute approximate surface area is 147 Å². The Hall–Kier alpha value is -2.94. The second-order valence-corrected chi connectivity index (χ2v) is 5.31. The van der Waals surface area contributed by atoms with Crippen molar-refractivity contribution in [1.29, 1.82) is 5.26 Å². The number of allylic oxidation sites excluding steroid dienone is 2. The van der Waals surface area contributed by atoms with Crippen molar-refractivity contribution in [3.63, 3.8) is 0 Å². The average molecular weight is 342 g/mol. The van der Waals surface area contributed by atoms with Crippen molar-refractivity contribution in [3.05, 3.63) is 52.6 Å². The highest BCUT2D eigenvalue weighted by Crippen LogP contribution is 2.43. The maximum atomic E-state index is 12.6. The molecule has 0 unspecified atom stereocenters. The number of rotatable bonds is 6. The summed E-state index contributed by atoms with van der Waals surface area (Å²) in [6, 6.07) is 9.35. The van der Waals surface area contributed by atoms with Crippen LogP contribution in [0.5, 0.6) is 5.75 Å². The summed E-state index contributed by atoms with van der Waals surface area (Å²) in [5.41, 5.74) is 7.10. The fourth-order valence-corrected chi connectivity index (χ4v) is 2.83. The first-order valence-electron chi connectivity index (χ1n) is 8.28. The summed E-state index contributed by atoms with van der Waals surface area (Å²) < 4.78 is 16.4. The minimum Gasteiger partial charge on any atom is -0.494 e. The number of para-hydroxylation sites is 1. The molecule has 2 N–H and O–H groups in total. The zero-order chi connectivity index (χ0) is 18.4. The quantitative estimate of drug-likeness (QED) is 0.798. The maximum absolute atomic E-state index is 12.6. The van der Waals surface area contributed by atoms with Crippen molar-refractivity contribution < 1.29 is 19.0 Å². The van der Waals surface area contributed by atoms with Crippen LogP contribution < -0.4 is 10.5 Å². The summed E-state index contributed by atoms with van der Waals surface area (Å²) in [5, 5.41) is 9.62. The second-order valence-electron chi connectivity index (χ2n) is 5.31. The smallest absolute Gasteiger partial charge is 0.338 e. The van der Waals surface area contributed by atoms with E-state index in [2.05, 4.69) is 6.07 Å². The highest BCUT2D eigenvalue weighted by atomic mass is 16.5. The van der Waals surface area contributed by atoms with Gasteiger partial charge in [0.25, 0.3) is 0 Å². The van der Waals surface area contributed by atoms with Gasteiger partial charge >= 0.3 is 5.97 Å². The molecule has 0 bridgehead atoms. The molecular weight excluding hydrogens is 320 g/mol. The van der Waals surface area contributed by atoms with Crippen molar-refractivity contribution in [1.82, 2.24) is 0 Å². The molecule has 1 aromatic carbocycles. The molecular formula is C19H22N2O4. The average Bonchev–Trinajstić information content (AvgIpc) is 2.61. The molecule has 0 spiro atoms. The molecule has 0 amide bonds. The lowest BCUT2D eigenvalue weighted by Gasteiger charge is -2.28. The predicted octanol–water partition coefficient (Wildman–Crippen LogP) is 3.12. The Morgan fingerprint density at radius 3 is 2.60 bits per heavy atom. The van der Waals surface area contributed by atoms with Crippen molar-refractivity contribution in [3.8, 4) is 11.8 Å². The van der Waals surface area contributed by atoms with Gasteiger partial charge in [-0.3, -0.25) is 0 Å². The van der Waals surface area contributed by atoms with Gasteiger partial charge in [-0.15, -0.1) is 0 Å². The van der Waals surface area contributed by atoms with E-state index in [-0.39, 0.29) is 18.1 Å². The van der Waals surface area contributed by atoms with E-state index in [4.69, 9.17) is 19.9 Å². The highest BCUT2D eigenvalue weighted by Gasteiger charge is 2.38. The summed E-state index contributed by atoms with van der Waals surface area (Å²) >= 11 is 0. The number of carbonyl (C=O) groups is 1. The molecule has 25 heavy (non-hydrogen) atoms. The minimum atomic E-state index is -0.685. The van der Waals surface area contributed by atoms with Gasteiger partial charge in [-0.05, 0) is 19.9 Å². The van der Waals surface area contributed by atoms with Gasteiger partial charge in [-0.25, -0.2) is 4.79 Å². The second kappa shape index (κ2) is 8.25. The Morgan fingerprint density at radius 1 is 1.28 bits per heavy atom. The van der Waals surface area contributed by atoms with Crippen LogP contribution in [-0.2, 0) is 14.3 Å². The van der Waals surface area contributed by atoms with Gasteiger partial charge in [0.1, 0.15) is 23.2 Å². The van der Waals surface area contributed by atoms with Gasteiger partial charge < -0.3 is 19.9 Å². The van der Waals surface area contributed by atoms with E-state index < -0.39 is 11.9 Å². The number of carbonyl (C=O) groups excluding carboxylic acids is 1. The van der Waals surface area contributed by atoms with Gasteiger partial charge in [-0.2, -0.15) is 5.26 Å². The van der Waals surface area contributed by atoms with Crippen molar-refractivity contribution in [2.24, 2.45) is 5.73 Å². The number of hydrogen-bond acceptors (Lipinski definition) is 6. The van der Waals surface area contributed by atoms with Gasteiger partial charge in [0.05, 0.1) is 24.7 Å². The maximum Gasteiger partial charge on any atom is 0.338 e. The third-order valence-electron chi connectivity index (χ3n) is 3.84. The molecule has 0 aromatic heterocycles. The standard InChI is InChI=1S/C19H22N2O4/c1-4-14-17(19(22)24-6-3)16(13(11-20)18(21)25-14)12-9-7-8-10-15(12)23-5-2/h7-10,16H,4-6,21H2,1-3H3/t16-/m1/s1. The Balaban J connectivity index is 2.70. The monoisotopic (exact) mass is 342 g/mol. The molecule has 6 heteroatoms. The van der Waals surface area contributed by atoms with E-state index in [1.807, 2.05) is 32.0 Å². The molecule has 0 saturated carbocycles. The van der Waals surface area contributed by atoms with E-state index in [0.717, 1.165) is 0 Å². The van der Waals surface area contributed by atoms with Gasteiger partial charge in [0, 0.05) is 12.0 Å². The van der Waals surface area contributed by atoms with Crippen molar-refractivity contribution >= 4 is 5.97 Å². The largest absolute Gasteiger partial charge is 0.494 e. The molecule has 0 saturated heterocycles. The number of ether oxygens (including phenoxy) is 3. The first kappa shape index (κ1) is 18.4. The van der Waals surface area contributed by atoms with Crippen LogP contribution in [0.2, 0.25) is 0 Å². The first-order chi connectivity index (χ1) is 12.1. The number of hydrogen-bond donors (Lipinski definition) is 1. The molecule has 1 heterocycles. The Bertz CT molecular complexity index is 759. The van der Waals surface area contributed by atoms with Crippen LogP contribution in [-0.4, -0.2) is 19.2 Å². The van der Waals surface area contributed by atoms with Gasteiger partial charge in [0.2, 0.25) is 5.88 Å². The molecule has 6 nitrogen and oxygen atoms in total. The van der Waals surface area contributed by atoms with Crippen LogP contribution in [0.15, 0.2) is 47.1 Å². The third-order valence-corrected chi connectivity index (χ3v) is 3.84. The molecule has 1 aromatic rings. The van der Waals surface area contributed by atoms with Crippen LogP contribution in [0.3, 0.4) is 0 Å². The van der Waals surface area contributed by atoms with E-state index in [1.165, 1.54) is 0 Å². The summed E-state index contributed by atoms with van der Waals surface area (Å²) in [6.07, 6.45) is 0.445. The van der Waals surface area contributed by atoms with Crippen LogP contribution in [0.4, 0.5) is 0 Å². The SMILES string of the molecule is CCOC(=O)C1=C(CC)OC(N)=C(C#N)[C@H]1c1ccccc1OCC. The van der Waals surface area contributed by atoms with Crippen LogP contribution >= 0.6 is 0 Å². The lowest BCUT2D eigenvalue weighted by Crippen LogP contribution is -2.26. The summed E-state index contributed by atoms with van der Waals surface area (Å²) in [5.74, 6) is -0.198. The molecule has 1 aliphatic rings. The van der Waals surface area contributed by atoms with Gasteiger partial charge in [-0.1, -0.05) is 25.1 Å². The molecule has 0 fully saturated rings. The van der Waals surface area contributed by atoms with E-state index in [1.54, 1.807) is 13.0 Å². The number of benzene rings is 1. The zero-order valence-electron chi connectivity index (χ0n) is 14.7. The van der Waals surface area contributed by atoms with Crippen LogP contribution in [0.25, 0.3) is 0 Å². The molecule has 0 aliphatic carbocycles. The van der Waals surface area contributed by atoms with Crippen LogP contribution in [0.1, 0.15) is 38.7 Å². The third kappa shape index (κ3) is 3.61. The fourth-order valence-electron chi connectivity index (χ4n) is 2.83. The van der Waals surface area contributed by atoms with E-state index >= 15 is 0 Å². The lowest BCUT2D eigenvalue weighted by molar-refractivity contribution is -0.139. The fraction of sp³-hybridized carbons (Fsp3) is 0.368. The minimum absolute atomic E-state index is 0.00343. The predicted molar refractivity (Wildman–Crippen MR) is 92.2 cm³/mol. The molecule has 1 atom stereocenters. The number of nitrogens with two attached hydrogens (primary N) is 1. The molecule has 132 valence electrons. The summed E-state index contributed by atoms with van der Waals surface area (Å²) in [4.78, 5) is 12.6. The lowest BCUT2D eigenvalue weighted by atomic mass is 9.82. The van der Waals surface area contributed by atoms with Crippen LogP contribution in [0, 0.1) is 11.3 Å². The Morgan fingerprint density at radius 2 is 2.00 bits per heavy atom. The molecule has 1 aliphatic heterocycles. The normalized spacial score (nSPS) is 17.0. The Kier molecular flexibility index (Phi) is 6.07. The number of esters is 1. The zero-order valence-corrected chi connectivity index (χ0v) is 14.7. The van der Waals surface area contributed by atoms with E-state index in [9.17, 15) is 10.1 Å². The van der Waals surface area contributed by atoms with Gasteiger partial charge in [0.15, 0.2) is 0 Å². The van der Waals surface area contributed by atoms with E-state index in [0.29, 0.717) is 35.7 Å². The number of nitrogens with zero attached hydrogens (tertiary/aromatic N) is 1. The molecule has 2 rings (SSSR count). The highest BCUT2D eigenvalue weighted by molar-refractivity contribution is 5.93. The summed E-state index contributed by atoms with van der Waals surface area (Å²) in [6.45, 7) is 6.13. The first-order valence-corrected chi connectivity index (χ1v) is 8.28. The number of nitriles is 1. The topological polar surface area (TPSA) is 94.6 Å². The van der Waals surface area contributed by atoms with Crippen molar-refractivity contribution in [2.45, 2.75) is 33.1 Å². The molecule has 0 radical (unpaired) electrons.